The van der Waals surface area contributed by atoms with E-state index >= 15 is 0 Å². The summed E-state index contributed by atoms with van der Waals surface area (Å²) in [6.45, 7) is 6.14. The van der Waals surface area contributed by atoms with Crippen molar-refractivity contribution in [3.05, 3.63) is 30.1 Å². The molecule has 2 unspecified atom stereocenters. The predicted molar refractivity (Wildman–Crippen MR) is 97.0 cm³/mol. The summed E-state index contributed by atoms with van der Waals surface area (Å²) in [4.78, 5) is 21.2. The lowest BCUT2D eigenvalue weighted by Gasteiger charge is -2.37. The van der Waals surface area contributed by atoms with Crippen molar-refractivity contribution in [3.63, 3.8) is 0 Å². The van der Waals surface area contributed by atoms with Gasteiger partial charge in [-0.15, -0.1) is 0 Å². The summed E-state index contributed by atoms with van der Waals surface area (Å²) in [6.07, 6.45) is 5.43. The van der Waals surface area contributed by atoms with Crippen LogP contribution < -0.4 is 5.32 Å². The minimum absolute atomic E-state index is 0.0357. The number of nitrogens with one attached hydrogen (secondary N) is 1. The molecule has 2 fully saturated rings. The minimum Gasteiger partial charge on any atom is -0.393 e. The highest BCUT2D eigenvalue weighted by atomic mass is 16.3. The Hall–Kier alpha value is -1.66. The average Bonchev–Trinajstić information content (AvgIpc) is 2.64. The van der Waals surface area contributed by atoms with Crippen LogP contribution in [0.15, 0.2) is 24.4 Å². The predicted octanol–water partition coefficient (Wildman–Crippen LogP) is 1.85. The van der Waals surface area contributed by atoms with E-state index < -0.39 is 0 Å². The molecule has 1 aromatic rings. The van der Waals surface area contributed by atoms with Gasteiger partial charge < -0.3 is 15.3 Å². The van der Waals surface area contributed by atoms with Crippen LogP contribution in [-0.2, 0) is 6.54 Å². The van der Waals surface area contributed by atoms with Gasteiger partial charge in [-0.25, -0.2) is 4.79 Å². The second-order valence-electron chi connectivity index (χ2n) is 7.41. The third-order valence-electron chi connectivity index (χ3n) is 5.45. The Morgan fingerprint density at radius 2 is 2.12 bits per heavy atom. The van der Waals surface area contributed by atoms with E-state index in [0.717, 1.165) is 57.6 Å². The Balaban J connectivity index is 1.42. The van der Waals surface area contributed by atoms with Crippen LogP contribution in [0, 0.1) is 5.92 Å². The monoisotopic (exact) mass is 346 g/mol. The van der Waals surface area contributed by atoms with Crippen molar-refractivity contribution in [2.75, 3.05) is 26.2 Å². The number of piperidine rings is 2. The molecule has 0 spiro atoms. The highest BCUT2D eigenvalue weighted by Crippen LogP contribution is 2.20. The number of carbonyl (C=O) groups is 1. The molecule has 2 amide bonds. The molecule has 0 saturated carbocycles. The first kappa shape index (κ1) is 18.1. The Labute approximate surface area is 150 Å². The number of nitrogens with zero attached hydrogens (tertiary/aromatic N) is 3. The Morgan fingerprint density at radius 3 is 2.80 bits per heavy atom. The van der Waals surface area contributed by atoms with Gasteiger partial charge in [-0.3, -0.25) is 9.88 Å². The molecule has 3 rings (SSSR count). The number of aromatic nitrogens is 1. The maximum atomic E-state index is 12.5. The first-order valence-electron chi connectivity index (χ1n) is 9.47. The SMILES string of the molecule is CC(O)C1CCCN(C(=O)NC2CCN(Cc3ccccn3)CC2)C1. The molecular formula is C19H30N4O2. The number of amides is 2. The third kappa shape index (κ3) is 5.16. The lowest BCUT2D eigenvalue weighted by molar-refractivity contribution is 0.0723. The van der Waals surface area contributed by atoms with Crippen LogP contribution in [0.2, 0.25) is 0 Å². The zero-order chi connectivity index (χ0) is 17.6. The highest BCUT2D eigenvalue weighted by molar-refractivity contribution is 5.74. The van der Waals surface area contributed by atoms with Crippen LogP contribution in [-0.4, -0.2) is 64.2 Å². The number of carbonyl (C=O) groups excluding carboxylic acids is 1. The zero-order valence-electron chi connectivity index (χ0n) is 15.1. The number of hydrogen-bond donors (Lipinski definition) is 2. The standard InChI is InChI=1S/C19H30N4O2/c1-15(24)16-5-4-10-23(13-16)19(25)21-17-7-11-22(12-8-17)14-18-6-2-3-9-20-18/h2-3,6,9,15-17,24H,4-5,7-8,10-14H2,1H3,(H,21,25). The number of hydrogen-bond acceptors (Lipinski definition) is 4. The fourth-order valence-corrected chi connectivity index (χ4v) is 3.81. The molecule has 0 radical (unpaired) electrons. The molecular weight excluding hydrogens is 316 g/mol. The molecule has 1 aromatic heterocycles. The summed E-state index contributed by atoms with van der Waals surface area (Å²) >= 11 is 0. The van der Waals surface area contributed by atoms with Crippen molar-refractivity contribution < 1.29 is 9.90 Å². The highest BCUT2D eigenvalue weighted by Gasteiger charge is 2.28. The molecule has 2 atom stereocenters. The van der Waals surface area contributed by atoms with Gasteiger partial charge in [0.05, 0.1) is 11.8 Å². The van der Waals surface area contributed by atoms with Gasteiger partial charge in [-0.05, 0) is 44.7 Å². The smallest absolute Gasteiger partial charge is 0.317 e. The molecule has 3 heterocycles. The van der Waals surface area contributed by atoms with Gasteiger partial charge in [0.1, 0.15) is 0 Å². The van der Waals surface area contributed by atoms with E-state index in [2.05, 4.69) is 21.3 Å². The molecule has 2 aliphatic heterocycles. The number of urea groups is 1. The van der Waals surface area contributed by atoms with Crippen LogP contribution >= 0.6 is 0 Å². The maximum absolute atomic E-state index is 12.5. The summed E-state index contributed by atoms with van der Waals surface area (Å²) in [7, 11) is 0. The lowest BCUT2D eigenvalue weighted by atomic mass is 9.93. The van der Waals surface area contributed by atoms with Crippen molar-refractivity contribution >= 4 is 6.03 Å². The first-order chi connectivity index (χ1) is 12.1. The fourth-order valence-electron chi connectivity index (χ4n) is 3.81. The van der Waals surface area contributed by atoms with Crippen molar-refractivity contribution in [2.45, 2.75) is 51.3 Å². The topological polar surface area (TPSA) is 68.7 Å². The molecule has 0 aromatic carbocycles. The van der Waals surface area contributed by atoms with Gasteiger partial charge in [0.15, 0.2) is 0 Å². The van der Waals surface area contributed by atoms with Crippen LogP contribution in [0.4, 0.5) is 4.79 Å². The van der Waals surface area contributed by atoms with E-state index in [9.17, 15) is 9.90 Å². The van der Waals surface area contributed by atoms with Crippen molar-refractivity contribution in [1.29, 1.82) is 0 Å². The van der Waals surface area contributed by atoms with Gasteiger partial charge in [0.2, 0.25) is 0 Å². The molecule has 2 saturated heterocycles. The molecule has 6 nitrogen and oxygen atoms in total. The van der Waals surface area contributed by atoms with E-state index in [4.69, 9.17) is 0 Å². The third-order valence-corrected chi connectivity index (χ3v) is 5.45. The quantitative estimate of drug-likeness (QED) is 0.873. The molecule has 2 aliphatic rings. The van der Waals surface area contributed by atoms with Crippen molar-refractivity contribution in [2.24, 2.45) is 5.92 Å². The van der Waals surface area contributed by atoms with Crippen LogP contribution in [0.5, 0.6) is 0 Å². The number of aliphatic hydroxyl groups is 1. The largest absolute Gasteiger partial charge is 0.393 e. The Bertz CT molecular complexity index is 544. The second kappa shape index (κ2) is 8.63. The van der Waals surface area contributed by atoms with E-state index in [1.807, 2.05) is 30.2 Å². The Morgan fingerprint density at radius 1 is 1.32 bits per heavy atom. The summed E-state index contributed by atoms with van der Waals surface area (Å²) in [5, 5.41) is 13.0. The van der Waals surface area contributed by atoms with Crippen molar-refractivity contribution in [1.82, 2.24) is 20.1 Å². The molecule has 2 N–H and O–H groups in total. The minimum atomic E-state index is -0.342. The van der Waals surface area contributed by atoms with Gasteiger partial charge >= 0.3 is 6.03 Å². The number of rotatable bonds is 4. The van der Waals surface area contributed by atoms with Crippen LogP contribution in [0.3, 0.4) is 0 Å². The van der Waals surface area contributed by atoms with E-state index in [1.165, 1.54) is 0 Å². The number of pyridine rings is 1. The number of likely N-dealkylation sites (tertiary alicyclic amines) is 2. The van der Waals surface area contributed by atoms with E-state index in [1.54, 1.807) is 0 Å². The molecule has 6 heteroatoms. The number of aliphatic hydroxyl groups excluding tert-OH is 1. The van der Waals surface area contributed by atoms with Crippen LogP contribution in [0.1, 0.15) is 38.3 Å². The maximum Gasteiger partial charge on any atom is 0.317 e. The fraction of sp³-hybridized carbons (Fsp3) is 0.684. The summed E-state index contributed by atoms with van der Waals surface area (Å²) < 4.78 is 0. The molecule has 0 aliphatic carbocycles. The van der Waals surface area contributed by atoms with Gasteiger partial charge in [-0.2, -0.15) is 0 Å². The first-order valence-corrected chi connectivity index (χ1v) is 9.47. The summed E-state index contributed by atoms with van der Waals surface area (Å²) in [6, 6.07) is 6.30. The average molecular weight is 346 g/mol. The molecule has 0 bridgehead atoms. The van der Waals surface area contributed by atoms with E-state index in [0.29, 0.717) is 6.54 Å². The van der Waals surface area contributed by atoms with Crippen LogP contribution in [0.25, 0.3) is 0 Å². The van der Waals surface area contributed by atoms with E-state index in [-0.39, 0.29) is 24.1 Å². The molecule has 138 valence electrons. The lowest BCUT2D eigenvalue weighted by Crippen LogP contribution is -2.52. The normalized spacial score (nSPS) is 24.1. The molecule has 25 heavy (non-hydrogen) atoms. The Kier molecular flexibility index (Phi) is 6.26. The summed E-state index contributed by atoms with van der Waals surface area (Å²) in [5.41, 5.74) is 1.10. The summed E-state index contributed by atoms with van der Waals surface area (Å²) in [5.74, 6) is 0.208. The van der Waals surface area contributed by atoms with Gasteiger partial charge in [-0.1, -0.05) is 6.07 Å². The second-order valence-corrected chi connectivity index (χ2v) is 7.41. The van der Waals surface area contributed by atoms with Gasteiger partial charge in [0.25, 0.3) is 0 Å². The van der Waals surface area contributed by atoms with Crippen molar-refractivity contribution in [3.8, 4) is 0 Å². The van der Waals surface area contributed by atoms with Gasteiger partial charge in [0, 0.05) is 50.9 Å². The zero-order valence-corrected chi connectivity index (χ0v) is 15.1.